The number of aryl methyl sites for hydroxylation is 1. The van der Waals surface area contributed by atoms with Crippen LogP contribution in [0.1, 0.15) is 13.8 Å². The van der Waals surface area contributed by atoms with E-state index >= 15 is 0 Å². The Morgan fingerprint density at radius 1 is 0.818 bits per heavy atom. The lowest BCUT2D eigenvalue weighted by Gasteiger charge is -2.02. The number of aromatic amines is 1. The molecule has 0 fully saturated rings. The molecule has 0 aliphatic rings. The molecule has 4 aromatic rings. The standard InChI is InChI=1S/C12H14N2O2.C10H8F2N2O.C2H6/c1-14-8-11(12(13-14)16-3)9-4-6-10(15-2)7-5-9;1-15-10-7(5-13-14-10)6-2-3-8(11)9(12)4-6;1-2/h4-8H,1-3H3;2-5H,1H3,(H,13,14);1-2H3. The van der Waals surface area contributed by atoms with Crippen molar-refractivity contribution in [1.82, 2.24) is 20.0 Å². The molecule has 2 aromatic heterocycles. The molecular weight excluding hydrogens is 430 g/mol. The Labute approximate surface area is 191 Å². The normalized spacial score (nSPS) is 9.82. The smallest absolute Gasteiger partial charge is 0.240 e. The van der Waals surface area contributed by atoms with E-state index in [4.69, 9.17) is 14.2 Å². The van der Waals surface area contributed by atoms with E-state index in [1.54, 1.807) is 18.9 Å². The van der Waals surface area contributed by atoms with Gasteiger partial charge in [0, 0.05) is 13.2 Å². The van der Waals surface area contributed by atoms with Crippen LogP contribution in [0, 0.1) is 11.6 Å². The van der Waals surface area contributed by atoms with Crippen LogP contribution < -0.4 is 14.2 Å². The lowest BCUT2D eigenvalue weighted by molar-refractivity contribution is 0.393. The molecule has 1 N–H and O–H groups in total. The third kappa shape index (κ3) is 6.31. The van der Waals surface area contributed by atoms with E-state index in [0.717, 1.165) is 29.0 Å². The third-order valence-electron chi connectivity index (χ3n) is 4.43. The summed E-state index contributed by atoms with van der Waals surface area (Å²) in [7, 11) is 6.61. The Hall–Kier alpha value is -3.88. The highest BCUT2D eigenvalue weighted by Gasteiger charge is 2.11. The van der Waals surface area contributed by atoms with Gasteiger partial charge in [0.1, 0.15) is 5.75 Å². The van der Waals surface area contributed by atoms with Crippen molar-refractivity contribution in [3.63, 3.8) is 0 Å². The number of benzene rings is 2. The molecule has 0 radical (unpaired) electrons. The first-order chi connectivity index (χ1) is 16.0. The number of rotatable bonds is 5. The molecule has 176 valence electrons. The Kier molecular flexibility index (Phi) is 9.41. The van der Waals surface area contributed by atoms with Crippen LogP contribution in [-0.4, -0.2) is 41.3 Å². The zero-order chi connectivity index (χ0) is 24.4. The minimum Gasteiger partial charge on any atom is -0.497 e. The summed E-state index contributed by atoms with van der Waals surface area (Å²) >= 11 is 0. The second-order valence-corrected chi connectivity index (χ2v) is 6.40. The number of hydrogen-bond donors (Lipinski definition) is 1. The molecule has 0 bridgehead atoms. The molecule has 0 spiro atoms. The summed E-state index contributed by atoms with van der Waals surface area (Å²) in [6.45, 7) is 4.00. The van der Waals surface area contributed by atoms with Crippen LogP contribution in [0.15, 0.2) is 54.9 Å². The highest BCUT2D eigenvalue weighted by atomic mass is 19.2. The molecule has 33 heavy (non-hydrogen) atoms. The molecule has 0 unspecified atom stereocenters. The number of hydrogen-bond acceptors (Lipinski definition) is 5. The van der Waals surface area contributed by atoms with Gasteiger partial charge in [-0.1, -0.05) is 32.0 Å². The molecule has 0 aliphatic carbocycles. The number of ether oxygens (including phenoxy) is 3. The van der Waals surface area contributed by atoms with Crippen LogP contribution in [-0.2, 0) is 7.05 Å². The number of aromatic nitrogens is 4. The number of H-pyrrole nitrogens is 1. The predicted octanol–water partition coefficient (Wildman–Crippen LogP) is 5.49. The predicted molar refractivity (Wildman–Crippen MR) is 124 cm³/mol. The van der Waals surface area contributed by atoms with Crippen molar-refractivity contribution in [2.75, 3.05) is 21.3 Å². The molecule has 2 aromatic carbocycles. The summed E-state index contributed by atoms with van der Waals surface area (Å²) in [5.74, 6) is 0.122. The monoisotopic (exact) mass is 458 g/mol. The SMILES string of the molecule is CC.COc1[nH]ncc1-c1ccc(F)c(F)c1.COc1ccc(-c2cn(C)nc2OC)cc1. The lowest BCUT2D eigenvalue weighted by Crippen LogP contribution is -1.89. The van der Waals surface area contributed by atoms with Crippen molar-refractivity contribution >= 4 is 0 Å². The highest BCUT2D eigenvalue weighted by molar-refractivity contribution is 5.69. The van der Waals surface area contributed by atoms with Gasteiger partial charge in [0.25, 0.3) is 0 Å². The van der Waals surface area contributed by atoms with Crippen LogP contribution in [0.4, 0.5) is 8.78 Å². The van der Waals surface area contributed by atoms with Gasteiger partial charge in [-0.05, 0) is 35.4 Å². The summed E-state index contributed by atoms with van der Waals surface area (Å²) < 4.78 is 42.7. The average molecular weight is 459 g/mol. The van der Waals surface area contributed by atoms with Crippen LogP contribution in [0.5, 0.6) is 17.5 Å². The molecule has 0 amide bonds. The van der Waals surface area contributed by atoms with Crippen LogP contribution in [0.2, 0.25) is 0 Å². The molecule has 4 rings (SSSR count). The van der Waals surface area contributed by atoms with Crippen molar-refractivity contribution < 1.29 is 23.0 Å². The summed E-state index contributed by atoms with van der Waals surface area (Å²) in [6.07, 6.45) is 3.42. The van der Waals surface area contributed by atoms with Crippen molar-refractivity contribution in [3.8, 4) is 39.8 Å². The topological polar surface area (TPSA) is 74.2 Å². The molecule has 0 saturated carbocycles. The summed E-state index contributed by atoms with van der Waals surface area (Å²) in [4.78, 5) is 0. The fraction of sp³-hybridized carbons (Fsp3) is 0.250. The van der Waals surface area contributed by atoms with Gasteiger partial charge in [0.05, 0.1) is 38.7 Å². The Bertz CT molecular complexity index is 1140. The molecule has 0 aliphatic heterocycles. The molecule has 7 nitrogen and oxygen atoms in total. The van der Waals surface area contributed by atoms with Gasteiger partial charge in [0.2, 0.25) is 11.8 Å². The summed E-state index contributed by atoms with van der Waals surface area (Å²) in [5.41, 5.74) is 3.15. The highest BCUT2D eigenvalue weighted by Crippen LogP contribution is 2.30. The average Bonchev–Trinajstić information content (AvgIpc) is 3.49. The van der Waals surface area contributed by atoms with E-state index in [2.05, 4.69) is 15.3 Å². The number of methoxy groups -OCH3 is 3. The lowest BCUT2D eigenvalue weighted by atomic mass is 10.1. The third-order valence-corrected chi connectivity index (χ3v) is 4.43. The van der Waals surface area contributed by atoms with E-state index in [1.165, 1.54) is 19.4 Å². The van der Waals surface area contributed by atoms with Crippen LogP contribution in [0.25, 0.3) is 22.3 Å². The van der Waals surface area contributed by atoms with E-state index in [-0.39, 0.29) is 0 Å². The fourth-order valence-corrected chi connectivity index (χ4v) is 2.89. The zero-order valence-electron chi connectivity index (χ0n) is 19.5. The first kappa shape index (κ1) is 25.4. The largest absolute Gasteiger partial charge is 0.497 e. The Morgan fingerprint density at radius 2 is 1.48 bits per heavy atom. The van der Waals surface area contributed by atoms with Crippen molar-refractivity contribution in [3.05, 3.63) is 66.5 Å². The molecule has 9 heteroatoms. The first-order valence-electron chi connectivity index (χ1n) is 10.2. The molecule has 2 heterocycles. The van der Waals surface area contributed by atoms with Gasteiger partial charge in [-0.25, -0.2) is 13.9 Å². The van der Waals surface area contributed by atoms with Crippen LogP contribution >= 0.6 is 0 Å². The maximum atomic E-state index is 13.0. The van der Waals surface area contributed by atoms with Gasteiger partial charge in [-0.2, -0.15) is 5.10 Å². The van der Waals surface area contributed by atoms with Gasteiger partial charge >= 0.3 is 0 Å². The Morgan fingerprint density at radius 3 is 2.06 bits per heavy atom. The number of halogens is 2. The maximum Gasteiger partial charge on any atom is 0.240 e. The number of nitrogens with zero attached hydrogens (tertiary/aromatic N) is 3. The van der Waals surface area contributed by atoms with Gasteiger partial charge in [-0.15, -0.1) is 5.10 Å². The van der Waals surface area contributed by atoms with Gasteiger partial charge in [-0.3, -0.25) is 4.68 Å². The van der Waals surface area contributed by atoms with E-state index in [1.807, 2.05) is 51.4 Å². The van der Waals surface area contributed by atoms with Crippen LogP contribution in [0.3, 0.4) is 0 Å². The van der Waals surface area contributed by atoms with E-state index in [9.17, 15) is 8.78 Å². The second kappa shape index (κ2) is 12.2. The Balaban J connectivity index is 0.000000218. The molecule has 0 atom stereocenters. The summed E-state index contributed by atoms with van der Waals surface area (Å²) in [5, 5.41) is 10.6. The maximum absolute atomic E-state index is 13.0. The molecule has 0 saturated heterocycles. The quantitative estimate of drug-likeness (QED) is 0.428. The second-order valence-electron chi connectivity index (χ2n) is 6.40. The number of nitrogens with one attached hydrogen (secondary N) is 1. The minimum absolute atomic E-state index is 0.418. The van der Waals surface area contributed by atoms with Crippen molar-refractivity contribution in [2.24, 2.45) is 7.05 Å². The summed E-state index contributed by atoms with van der Waals surface area (Å²) in [6, 6.07) is 11.4. The first-order valence-corrected chi connectivity index (χ1v) is 10.2. The molecular formula is C24H28F2N4O3. The fourth-order valence-electron chi connectivity index (χ4n) is 2.89. The van der Waals surface area contributed by atoms with Gasteiger partial charge < -0.3 is 14.2 Å². The van der Waals surface area contributed by atoms with Gasteiger partial charge in [0.15, 0.2) is 11.6 Å². The minimum atomic E-state index is -0.893. The van der Waals surface area contributed by atoms with Crippen molar-refractivity contribution in [2.45, 2.75) is 13.8 Å². The van der Waals surface area contributed by atoms with E-state index < -0.39 is 11.6 Å². The zero-order valence-corrected chi connectivity index (χ0v) is 19.5. The van der Waals surface area contributed by atoms with Crippen molar-refractivity contribution in [1.29, 1.82) is 0 Å². The van der Waals surface area contributed by atoms with E-state index in [0.29, 0.717) is 22.9 Å².